The number of nitrogens with two attached hydrogens (primary N) is 1. The van der Waals surface area contributed by atoms with Crippen LogP contribution in [0.3, 0.4) is 0 Å². The lowest BCUT2D eigenvalue weighted by molar-refractivity contribution is 0.945. The lowest BCUT2D eigenvalue weighted by Crippen LogP contribution is -2.05. The van der Waals surface area contributed by atoms with Gasteiger partial charge in [-0.15, -0.1) is 0 Å². The van der Waals surface area contributed by atoms with Crippen LogP contribution in [-0.4, -0.2) is 16.5 Å². The zero-order valence-electron chi connectivity index (χ0n) is 8.43. The number of hydrogen-bond donors (Lipinski definition) is 1. The summed E-state index contributed by atoms with van der Waals surface area (Å²) in [5.41, 5.74) is 8.75. The second-order valence-corrected chi connectivity index (χ2v) is 3.30. The summed E-state index contributed by atoms with van der Waals surface area (Å²) in [6.07, 6.45) is 4.22. The van der Waals surface area contributed by atoms with Crippen LogP contribution in [-0.2, 0) is 6.42 Å². The number of nitrogens with zero attached hydrogens (tertiary/aromatic N) is 2. The van der Waals surface area contributed by atoms with Crippen molar-refractivity contribution in [3.8, 4) is 11.3 Å². The average molecular weight is 199 g/mol. The molecule has 0 radical (unpaired) electrons. The highest BCUT2D eigenvalue weighted by molar-refractivity contribution is 5.62. The molecular formula is C12H13N3. The highest BCUT2D eigenvalue weighted by atomic mass is 14.8. The maximum Gasteiger partial charge on any atom is 0.116 e. The van der Waals surface area contributed by atoms with E-state index in [2.05, 4.69) is 9.97 Å². The van der Waals surface area contributed by atoms with Gasteiger partial charge in [-0.25, -0.2) is 9.97 Å². The summed E-state index contributed by atoms with van der Waals surface area (Å²) in [7, 11) is 0. The lowest BCUT2D eigenvalue weighted by atomic mass is 10.1. The van der Waals surface area contributed by atoms with E-state index in [1.807, 2.05) is 36.5 Å². The van der Waals surface area contributed by atoms with Crippen LogP contribution in [0.5, 0.6) is 0 Å². The SMILES string of the molecule is NCCc1cncnc1-c1ccccc1. The van der Waals surface area contributed by atoms with Gasteiger partial charge in [0.05, 0.1) is 5.69 Å². The van der Waals surface area contributed by atoms with Crippen LogP contribution in [0.2, 0.25) is 0 Å². The molecule has 2 rings (SSSR count). The molecule has 1 aromatic heterocycles. The van der Waals surface area contributed by atoms with Gasteiger partial charge in [0, 0.05) is 11.8 Å². The fourth-order valence-corrected chi connectivity index (χ4v) is 1.55. The number of rotatable bonds is 3. The standard InChI is InChI=1S/C12H13N3/c13-7-6-11-8-14-9-15-12(11)10-4-2-1-3-5-10/h1-5,8-9H,6-7,13H2. The maximum atomic E-state index is 5.55. The Hall–Kier alpha value is -1.74. The normalized spacial score (nSPS) is 10.2. The van der Waals surface area contributed by atoms with E-state index in [0.29, 0.717) is 6.54 Å². The van der Waals surface area contributed by atoms with Gasteiger partial charge in [0.1, 0.15) is 6.33 Å². The van der Waals surface area contributed by atoms with E-state index in [9.17, 15) is 0 Å². The summed E-state index contributed by atoms with van der Waals surface area (Å²) in [6.45, 7) is 0.618. The van der Waals surface area contributed by atoms with Gasteiger partial charge in [-0.2, -0.15) is 0 Å². The van der Waals surface area contributed by atoms with Gasteiger partial charge in [-0.3, -0.25) is 0 Å². The molecule has 0 saturated heterocycles. The van der Waals surface area contributed by atoms with Crippen molar-refractivity contribution >= 4 is 0 Å². The van der Waals surface area contributed by atoms with E-state index in [-0.39, 0.29) is 0 Å². The topological polar surface area (TPSA) is 51.8 Å². The van der Waals surface area contributed by atoms with E-state index >= 15 is 0 Å². The van der Waals surface area contributed by atoms with Gasteiger partial charge in [-0.05, 0) is 18.5 Å². The molecule has 2 aromatic rings. The van der Waals surface area contributed by atoms with Gasteiger partial charge < -0.3 is 5.73 Å². The molecule has 0 atom stereocenters. The minimum atomic E-state index is 0.618. The van der Waals surface area contributed by atoms with Crippen LogP contribution < -0.4 is 5.73 Å². The third kappa shape index (κ3) is 2.19. The Labute approximate surface area is 89.0 Å². The first kappa shape index (κ1) is 9.80. The molecule has 1 heterocycles. The highest BCUT2D eigenvalue weighted by Crippen LogP contribution is 2.19. The number of aromatic nitrogens is 2. The molecule has 3 nitrogen and oxygen atoms in total. The van der Waals surface area contributed by atoms with E-state index in [0.717, 1.165) is 23.2 Å². The van der Waals surface area contributed by atoms with E-state index in [1.165, 1.54) is 0 Å². The Morgan fingerprint density at radius 3 is 2.67 bits per heavy atom. The first-order chi connectivity index (χ1) is 7.42. The molecule has 0 spiro atoms. The monoisotopic (exact) mass is 199 g/mol. The molecule has 0 aliphatic carbocycles. The second-order valence-electron chi connectivity index (χ2n) is 3.30. The molecule has 0 bridgehead atoms. The fraction of sp³-hybridized carbons (Fsp3) is 0.167. The molecular weight excluding hydrogens is 186 g/mol. The van der Waals surface area contributed by atoms with Crippen LogP contribution in [0.4, 0.5) is 0 Å². The summed E-state index contributed by atoms with van der Waals surface area (Å²) < 4.78 is 0. The van der Waals surface area contributed by atoms with Gasteiger partial charge in [0.15, 0.2) is 0 Å². The minimum Gasteiger partial charge on any atom is -0.330 e. The Kier molecular flexibility index (Phi) is 3.05. The smallest absolute Gasteiger partial charge is 0.116 e. The summed E-state index contributed by atoms with van der Waals surface area (Å²) in [5.74, 6) is 0. The van der Waals surface area contributed by atoms with E-state index in [1.54, 1.807) is 6.33 Å². The summed E-state index contributed by atoms with van der Waals surface area (Å²) in [4.78, 5) is 8.32. The van der Waals surface area contributed by atoms with Gasteiger partial charge in [0.25, 0.3) is 0 Å². The quantitative estimate of drug-likeness (QED) is 0.817. The molecule has 0 fully saturated rings. The minimum absolute atomic E-state index is 0.618. The molecule has 0 amide bonds. The molecule has 76 valence electrons. The van der Waals surface area contributed by atoms with Crippen LogP contribution in [0.1, 0.15) is 5.56 Å². The number of hydrogen-bond acceptors (Lipinski definition) is 3. The molecule has 0 unspecified atom stereocenters. The summed E-state index contributed by atoms with van der Waals surface area (Å²) in [6, 6.07) is 10.1. The van der Waals surface area contributed by atoms with Crippen molar-refractivity contribution in [1.29, 1.82) is 0 Å². The zero-order chi connectivity index (χ0) is 10.5. The Bertz CT molecular complexity index is 426. The van der Waals surface area contributed by atoms with Crippen molar-refractivity contribution < 1.29 is 0 Å². The van der Waals surface area contributed by atoms with Crippen LogP contribution in [0, 0.1) is 0 Å². The van der Waals surface area contributed by atoms with Gasteiger partial charge >= 0.3 is 0 Å². The highest BCUT2D eigenvalue weighted by Gasteiger charge is 2.04. The van der Waals surface area contributed by atoms with Crippen molar-refractivity contribution in [1.82, 2.24) is 9.97 Å². The molecule has 0 aliphatic heterocycles. The third-order valence-corrected chi connectivity index (χ3v) is 2.25. The fourth-order valence-electron chi connectivity index (χ4n) is 1.55. The van der Waals surface area contributed by atoms with Crippen molar-refractivity contribution in [2.24, 2.45) is 5.73 Å². The molecule has 3 heteroatoms. The first-order valence-corrected chi connectivity index (χ1v) is 4.96. The van der Waals surface area contributed by atoms with Crippen molar-refractivity contribution in [3.05, 3.63) is 48.4 Å². The molecule has 2 N–H and O–H groups in total. The maximum absolute atomic E-state index is 5.55. The third-order valence-electron chi connectivity index (χ3n) is 2.25. The lowest BCUT2D eigenvalue weighted by Gasteiger charge is -2.06. The van der Waals surface area contributed by atoms with Crippen LogP contribution in [0.25, 0.3) is 11.3 Å². The van der Waals surface area contributed by atoms with Gasteiger partial charge in [0.2, 0.25) is 0 Å². The molecule has 1 aromatic carbocycles. The predicted octanol–water partition coefficient (Wildman–Crippen LogP) is 1.64. The Morgan fingerprint density at radius 2 is 1.93 bits per heavy atom. The average Bonchev–Trinajstić information content (AvgIpc) is 2.31. The molecule has 15 heavy (non-hydrogen) atoms. The van der Waals surface area contributed by atoms with Crippen molar-refractivity contribution in [3.63, 3.8) is 0 Å². The van der Waals surface area contributed by atoms with E-state index in [4.69, 9.17) is 5.73 Å². The first-order valence-electron chi connectivity index (χ1n) is 4.96. The number of benzene rings is 1. The predicted molar refractivity (Wildman–Crippen MR) is 60.2 cm³/mol. The van der Waals surface area contributed by atoms with Crippen molar-refractivity contribution in [2.75, 3.05) is 6.54 Å². The summed E-state index contributed by atoms with van der Waals surface area (Å²) >= 11 is 0. The zero-order valence-corrected chi connectivity index (χ0v) is 8.43. The summed E-state index contributed by atoms with van der Waals surface area (Å²) in [5, 5.41) is 0. The van der Waals surface area contributed by atoms with E-state index < -0.39 is 0 Å². The van der Waals surface area contributed by atoms with Gasteiger partial charge in [-0.1, -0.05) is 30.3 Å². The van der Waals surface area contributed by atoms with Crippen LogP contribution >= 0.6 is 0 Å². The van der Waals surface area contributed by atoms with Crippen LogP contribution in [0.15, 0.2) is 42.9 Å². The van der Waals surface area contributed by atoms with Crippen molar-refractivity contribution in [2.45, 2.75) is 6.42 Å². The molecule has 0 aliphatic rings. The Balaban J connectivity index is 2.43. The molecule has 0 saturated carbocycles. The largest absolute Gasteiger partial charge is 0.330 e. The second kappa shape index (κ2) is 4.66. The Morgan fingerprint density at radius 1 is 1.13 bits per heavy atom.